The molecular weight excluding hydrogens is 342 g/mol. The number of hydrogen-bond acceptors (Lipinski definition) is 4. The Hall–Kier alpha value is -2.14. The van der Waals surface area contributed by atoms with Gasteiger partial charge in [-0.25, -0.2) is 9.69 Å². The number of methoxy groups -OCH3 is 1. The summed E-state index contributed by atoms with van der Waals surface area (Å²) in [6, 6.07) is 4.60. The maximum absolute atomic E-state index is 13.1. The largest absolute Gasteiger partial charge is 0.465 e. The minimum absolute atomic E-state index is 0.154. The Bertz CT molecular complexity index is 827. The van der Waals surface area contributed by atoms with Gasteiger partial charge in [-0.05, 0) is 48.3 Å². The van der Waals surface area contributed by atoms with Gasteiger partial charge >= 0.3 is 5.97 Å². The molecule has 2 bridgehead atoms. The summed E-state index contributed by atoms with van der Waals surface area (Å²) in [5, 5.41) is 0.232. The third kappa shape index (κ3) is 1.87. The molecule has 128 valence electrons. The molecule has 1 saturated heterocycles. The number of imide groups is 1. The standard InChI is InChI=1S/C19H16ClNO4/c1-25-19(24)13-6-8(2-5-14(13)20)21-17(22)15-9-3-4-10(12-7-11(9)12)16(15)18(21)23/h2-6,9-12,15-16H,7H2,1H3/t9-,10-,11-,12-,15+,16+/m0/s1. The van der Waals surface area contributed by atoms with Gasteiger partial charge in [0.05, 0.1) is 35.2 Å². The minimum Gasteiger partial charge on any atom is -0.465 e. The number of esters is 1. The van der Waals surface area contributed by atoms with Crippen molar-refractivity contribution in [3.05, 3.63) is 40.9 Å². The summed E-state index contributed by atoms with van der Waals surface area (Å²) in [7, 11) is 1.27. The maximum Gasteiger partial charge on any atom is 0.339 e. The molecule has 0 aromatic heterocycles. The van der Waals surface area contributed by atoms with E-state index in [1.165, 1.54) is 24.1 Å². The first-order chi connectivity index (χ1) is 12.0. The first-order valence-electron chi connectivity index (χ1n) is 8.47. The molecule has 4 aliphatic carbocycles. The van der Waals surface area contributed by atoms with Crippen LogP contribution in [0.1, 0.15) is 16.8 Å². The average molecular weight is 358 g/mol. The lowest BCUT2D eigenvalue weighted by Gasteiger charge is -2.37. The molecule has 2 amide bonds. The van der Waals surface area contributed by atoms with E-state index in [1.807, 2.05) is 0 Å². The number of carbonyl (C=O) groups is 3. The van der Waals surface area contributed by atoms with Crippen molar-refractivity contribution in [2.75, 3.05) is 12.0 Å². The van der Waals surface area contributed by atoms with Crippen molar-refractivity contribution in [3.8, 4) is 0 Å². The van der Waals surface area contributed by atoms with E-state index in [4.69, 9.17) is 16.3 Å². The molecule has 3 fully saturated rings. The van der Waals surface area contributed by atoms with Crippen LogP contribution >= 0.6 is 11.6 Å². The molecule has 2 saturated carbocycles. The van der Waals surface area contributed by atoms with Crippen LogP contribution in [0.15, 0.2) is 30.4 Å². The van der Waals surface area contributed by atoms with E-state index in [9.17, 15) is 14.4 Å². The topological polar surface area (TPSA) is 63.7 Å². The summed E-state index contributed by atoms with van der Waals surface area (Å²) < 4.78 is 4.73. The first kappa shape index (κ1) is 15.1. The van der Waals surface area contributed by atoms with Crippen molar-refractivity contribution < 1.29 is 19.1 Å². The Balaban J connectivity index is 1.55. The number of halogens is 1. The van der Waals surface area contributed by atoms with Gasteiger partial charge in [0, 0.05) is 0 Å². The smallest absolute Gasteiger partial charge is 0.339 e. The predicted octanol–water partition coefficient (Wildman–Crippen LogP) is 2.68. The number of amides is 2. The minimum atomic E-state index is -0.591. The van der Waals surface area contributed by atoms with Gasteiger partial charge in [0.1, 0.15) is 0 Å². The molecule has 1 heterocycles. The number of allylic oxidation sites excluding steroid dienone is 2. The van der Waals surface area contributed by atoms with Crippen LogP contribution in [0, 0.1) is 35.5 Å². The van der Waals surface area contributed by atoms with E-state index in [0.717, 1.165) is 6.42 Å². The second kappa shape index (κ2) is 4.94. The van der Waals surface area contributed by atoms with Crippen molar-refractivity contribution in [3.63, 3.8) is 0 Å². The molecule has 6 atom stereocenters. The Morgan fingerprint density at radius 2 is 1.72 bits per heavy atom. The zero-order chi connectivity index (χ0) is 17.5. The molecule has 5 aliphatic rings. The Labute approximate surface area is 149 Å². The van der Waals surface area contributed by atoms with Gasteiger partial charge in [-0.1, -0.05) is 23.8 Å². The van der Waals surface area contributed by atoms with Gasteiger partial charge in [-0.2, -0.15) is 0 Å². The molecule has 1 aromatic carbocycles. The van der Waals surface area contributed by atoms with Crippen molar-refractivity contribution in [1.82, 2.24) is 0 Å². The first-order valence-corrected chi connectivity index (χ1v) is 8.84. The molecule has 0 N–H and O–H groups in total. The van der Waals surface area contributed by atoms with Gasteiger partial charge in [-0.15, -0.1) is 0 Å². The number of anilines is 1. The Kier molecular flexibility index (Phi) is 2.99. The number of benzene rings is 1. The Morgan fingerprint density at radius 3 is 2.28 bits per heavy atom. The van der Waals surface area contributed by atoms with Crippen LogP contribution in [0.5, 0.6) is 0 Å². The van der Waals surface area contributed by atoms with Crippen molar-refractivity contribution in [2.24, 2.45) is 35.5 Å². The number of ether oxygens (including phenoxy) is 1. The summed E-state index contributed by atoms with van der Waals surface area (Å²) in [6.45, 7) is 0. The second-order valence-corrected chi connectivity index (χ2v) is 7.73. The SMILES string of the molecule is COC(=O)c1cc(N2C(=O)[C@@H]3[C@H]4C=C[C@@H]([C@@H]5C[C@@H]45)[C@H]3C2=O)ccc1Cl. The molecule has 6 rings (SSSR count). The highest BCUT2D eigenvalue weighted by Gasteiger charge is 2.67. The fourth-order valence-corrected chi connectivity index (χ4v) is 5.32. The fraction of sp³-hybridized carbons (Fsp3) is 0.421. The van der Waals surface area contributed by atoms with Crippen molar-refractivity contribution in [1.29, 1.82) is 0 Å². The molecule has 5 nitrogen and oxygen atoms in total. The quantitative estimate of drug-likeness (QED) is 0.464. The third-order valence-electron chi connectivity index (χ3n) is 6.28. The number of nitrogens with zero attached hydrogens (tertiary/aromatic N) is 1. The normalized spacial score (nSPS) is 37.1. The summed E-state index contributed by atoms with van der Waals surface area (Å²) >= 11 is 6.05. The number of hydrogen-bond donors (Lipinski definition) is 0. The lowest BCUT2D eigenvalue weighted by atomic mass is 9.63. The van der Waals surface area contributed by atoms with Gasteiger partial charge in [0.15, 0.2) is 0 Å². The van der Waals surface area contributed by atoms with Crippen LogP contribution in [0.3, 0.4) is 0 Å². The van der Waals surface area contributed by atoms with Gasteiger partial charge in [0.25, 0.3) is 0 Å². The highest BCUT2D eigenvalue weighted by molar-refractivity contribution is 6.34. The van der Waals surface area contributed by atoms with Crippen LogP contribution in [0.4, 0.5) is 5.69 Å². The van der Waals surface area contributed by atoms with E-state index < -0.39 is 5.97 Å². The van der Waals surface area contributed by atoms with Crippen LogP contribution in [-0.2, 0) is 14.3 Å². The van der Waals surface area contributed by atoms with Gasteiger partial charge in [-0.3, -0.25) is 9.59 Å². The van der Waals surface area contributed by atoms with E-state index in [-0.39, 0.29) is 46.1 Å². The lowest BCUT2D eigenvalue weighted by Crippen LogP contribution is -2.40. The van der Waals surface area contributed by atoms with Crippen LogP contribution in [-0.4, -0.2) is 24.9 Å². The van der Waals surface area contributed by atoms with E-state index >= 15 is 0 Å². The summed E-state index contributed by atoms with van der Waals surface area (Å²) in [5.74, 6) is 0.0456. The molecule has 1 aromatic rings. The summed E-state index contributed by atoms with van der Waals surface area (Å²) in [5.41, 5.74) is 0.545. The average Bonchev–Trinajstić information content (AvgIpc) is 3.39. The van der Waals surface area contributed by atoms with Gasteiger partial charge in [0.2, 0.25) is 11.8 Å². The third-order valence-corrected chi connectivity index (χ3v) is 6.61. The summed E-state index contributed by atoms with van der Waals surface area (Å²) in [6.07, 6.45) is 5.40. The maximum atomic E-state index is 13.1. The van der Waals surface area contributed by atoms with Crippen molar-refractivity contribution in [2.45, 2.75) is 6.42 Å². The number of rotatable bonds is 2. The molecule has 0 unspecified atom stereocenters. The molecule has 6 heteroatoms. The Morgan fingerprint density at radius 1 is 1.12 bits per heavy atom. The molecular formula is C19H16ClNO4. The highest BCUT2D eigenvalue weighted by atomic mass is 35.5. The molecule has 0 radical (unpaired) electrons. The van der Waals surface area contributed by atoms with Crippen LogP contribution in [0.25, 0.3) is 0 Å². The van der Waals surface area contributed by atoms with E-state index in [0.29, 0.717) is 17.5 Å². The number of carbonyl (C=O) groups excluding carboxylic acids is 3. The predicted molar refractivity (Wildman–Crippen MR) is 90.0 cm³/mol. The zero-order valence-corrected chi connectivity index (χ0v) is 14.3. The second-order valence-electron chi connectivity index (χ2n) is 7.32. The van der Waals surface area contributed by atoms with E-state index in [1.54, 1.807) is 6.07 Å². The molecule has 1 aliphatic heterocycles. The van der Waals surface area contributed by atoms with Crippen LogP contribution in [0.2, 0.25) is 5.02 Å². The molecule has 0 spiro atoms. The summed E-state index contributed by atoms with van der Waals surface area (Å²) in [4.78, 5) is 39.2. The lowest BCUT2D eigenvalue weighted by molar-refractivity contribution is -0.124. The molecule has 25 heavy (non-hydrogen) atoms. The fourth-order valence-electron chi connectivity index (χ4n) is 5.13. The van der Waals surface area contributed by atoms with E-state index in [2.05, 4.69) is 12.2 Å². The van der Waals surface area contributed by atoms with Crippen LogP contribution < -0.4 is 4.90 Å². The van der Waals surface area contributed by atoms with Crippen molar-refractivity contribution >= 4 is 35.1 Å². The highest BCUT2D eigenvalue weighted by Crippen LogP contribution is 2.65. The monoisotopic (exact) mass is 357 g/mol. The van der Waals surface area contributed by atoms with Gasteiger partial charge < -0.3 is 4.74 Å². The zero-order valence-electron chi connectivity index (χ0n) is 13.5.